The summed E-state index contributed by atoms with van der Waals surface area (Å²) < 4.78 is 16.9. The largest absolute Gasteiger partial charge is 0.507 e. The van der Waals surface area contributed by atoms with Gasteiger partial charge in [-0.25, -0.2) is 4.79 Å². The van der Waals surface area contributed by atoms with E-state index >= 15 is 0 Å². The molecule has 0 radical (unpaired) electrons. The smallest absolute Gasteiger partial charge is 0.336 e. The summed E-state index contributed by atoms with van der Waals surface area (Å²) >= 11 is 0. The first kappa shape index (κ1) is 19.9. The zero-order valence-corrected chi connectivity index (χ0v) is 15.8. The maximum Gasteiger partial charge on any atom is 0.336 e. The Hall–Kier alpha value is -2.84. The average molecular weight is 390 g/mol. The van der Waals surface area contributed by atoms with E-state index in [2.05, 4.69) is 0 Å². The van der Waals surface area contributed by atoms with Crippen LogP contribution >= 0.6 is 0 Å². The number of rotatable bonds is 4. The molecule has 3 N–H and O–H groups in total. The van der Waals surface area contributed by atoms with Crippen molar-refractivity contribution in [1.29, 1.82) is 0 Å². The van der Waals surface area contributed by atoms with E-state index in [1.807, 2.05) is 0 Å². The predicted molar refractivity (Wildman–Crippen MR) is 99.2 cm³/mol. The summed E-state index contributed by atoms with van der Waals surface area (Å²) in [6.45, 7) is 4.16. The molecule has 2 heterocycles. The number of fused-ring (bicyclic) bond motifs is 2. The maximum atomic E-state index is 12.3. The molecule has 1 aromatic carbocycles. The molecule has 1 aromatic heterocycles. The molecule has 8 nitrogen and oxygen atoms in total. The summed E-state index contributed by atoms with van der Waals surface area (Å²) in [7, 11) is 0. The van der Waals surface area contributed by atoms with Crippen LogP contribution < -0.4 is 10.2 Å². The molecule has 0 unspecified atom stereocenters. The van der Waals surface area contributed by atoms with E-state index in [1.165, 1.54) is 12.1 Å². The molecule has 0 spiro atoms. The Morgan fingerprint density at radius 2 is 2.07 bits per heavy atom. The number of phenols is 1. The fourth-order valence-corrected chi connectivity index (χ4v) is 3.18. The molecule has 0 fully saturated rings. The number of aliphatic hydroxyl groups excluding tert-OH is 2. The molecule has 1 aliphatic rings. The van der Waals surface area contributed by atoms with E-state index in [4.69, 9.17) is 13.9 Å². The van der Waals surface area contributed by atoms with Gasteiger partial charge in [0.2, 0.25) is 0 Å². The van der Waals surface area contributed by atoms with E-state index < -0.39 is 36.3 Å². The van der Waals surface area contributed by atoms with Gasteiger partial charge < -0.3 is 29.2 Å². The number of esters is 1. The van der Waals surface area contributed by atoms with Gasteiger partial charge in [0.1, 0.15) is 46.5 Å². The summed E-state index contributed by atoms with van der Waals surface area (Å²) in [5.74, 6) is -0.617. The van der Waals surface area contributed by atoms with Gasteiger partial charge in [0.05, 0.1) is 12.2 Å². The second kappa shape index (κ2) is 7.29. The van der Waals surface area contributed by atoms with Crippen molar-refractivity contribution in [3.05, 3.63) is 45.3 Å². The van der Waals surface area contributed by atoms with Crippen molar-refractivity contribution in [3.63, 3.8) is 0 Å². The second-order valence-corrected chi connectivity index (χ2v) is 7.09. The molecule has 1 atom stereocenters. The molecule has 2 aromatic rings. The SMILES string of the molecule is C/C=C(/CO)C(=O)O[C@H]1Cc2c(cc3oc(CO)cc(=O)c3c2O)OC1(C)C. The number of carbonyl (C=O) groups is 1. The second-order valence-electron chi connectivity index (χ2n) is 7.09. The minimum absolute atomic E-state index is 0.0335. The van der Waals surface area contributed by atoms with Crippen LogP contribution in [0, 0.1) is 0 Å². The Balaban J connectivity index is 2.06. The lowest BCUT2D eigenvalue weighted by Gasteiger charge is -2.39. The Bertz CT molecular complexity index is 1020. The molecule has 1 aliphatic heterocycles. The van der Waals surface area contributed by atoms with Crippen LogP contribution in [-0.2, 0) is 22.6 Å². The van der Waals surface area contributed by atoms with Crippen molar-refractivity contribution in [2.75, 3.05) is 6.61 Å². The molecule has 150 valence electrons. The number of hydrogen-bond acceptors (Lipinski definition) is 8. The third-order valence-electron chi connectivity index (χ3n) is 4.83. The van der Waals surface area contributed by atoms with Gasteiger partial charge in [0.15, 0.2) is 5.43 Å². The van der Waals surface area contributed by atoms with Gasteiger partial charge >= 0.3 is 5.97 Å². The lowest BCUT2D eigenvalue weighted by molar-refractivity contribution is -0.157. The Morgan fingerprint density at radius 3 is 2.68 bits per heavy atom. The molecule has 0 bridgehead atoms. The molecule has 0 saturated carbocycles. The van der Waals surface area contributed by atoms with Crippen molar-refractivity contribution in [1.82, 2.24) is 0 Å². The van der Waals surface area contributed by atoms with E-state index in [9.17, 15) is 24.9 Å². The van der Waals surface area contributed by atoms with Gasteiger partial charge in [-0.3, -0.25) is 4.79 Å². The number of benzene rings is 1. The number of aliphatic hydroxyl groups is 2. The molecule has 0 saturated heterocycles. The summed E-state index contributed by atoms with van der Waals surface area (Å²) in [5.41, 5.74) is -0.913. The highest BCUT2D eigenvalue weighted by molar-refractivity contribution is 5.89. The predicted octanol–water partition coefficient (Wildman–Crippen LogP) is 1.55. The molecule has 3 rings (SSSR count). The highest BCUT2D eigenvalue weighted by Crippen LogP contribution is 2.42. The normalized spacial score (nSPS) is 18.5. The number of allylic oxidation sites excluding steroid dienone is 1. The standard InChI is InChI=1S/C20H22O8/c1-4-10(8-21)19(25)27-16-6-12-14(28-20(16,2)3)7-15-17(18(12)24)13(23)5-11(9-22)26-15/h4-5,7,16,21-22,24H,6,8-9H2,1-3H3/b10-4-/t16-/m0/s1. The van der Waals surface area contributed by atoms with Gasteiger partial charge in [-0.1, -0.05) is 6.08 Å². The number of phenolic OH excluding ortho intramolecular Hbond substituents is 1. The highest BCUT2D eigenvalue weighted by Gasteiger charge is 2.42. The third-order valence-corrected chi connectivity index (χ3v) is 4.83. The number of hydrogen-bond donors (Lipinski definition) is 3. The fraction of sp³-hybridized carbons (Fsp3) is 0.400. The average Bonchev–Trinajstić information content (AvgIpc) is 2.63. The van der Waals surface area contributed by atoms with Crippen molar-refractivity contribution in [2.24, 2.45) is 0 Å². The lowest BCUT2D eigenvalue weighted by Crippen LogP contribution is -2.49. The number of ether oxygens (including phenoxy) is 2. The van der Waals surface area contributed by atoms with E-state index in [-0.39, 0.29) is 34.5 Å². The van der Waals surface area contributed by atoms with Gasteiger partial charge in [-0.2, -0.15) is 0 Å². The van der Waals surface area contributed by atoms with Gasteiger partial charge in [0, 0.05) is 24.1 Å². The summed E-state index contributed by atoms with van der Waals surface area (Å²) in [5, 5.41) is 29.1. The highest BCUT2D eigenvalue weighted by atomic mass is 16.6. The topological polar surface area (TPSA) is 126 Å². The van der Waals surface area contributed by atoms with Crippen LogP contribution in [0.1, 0.15) is 32.1 Å². The Labute approximate surface area is 160 Å². The van der Waals surface area contributed by atoms with E-state index in [0.717, 1.165) is 6.07 Å². The minimum atomic E-state index is -0.939. The van der Waals surface area contributed by atoms with Crippen molar-refractivity contribution >= 4 is 16.9 Å². The quantitative estimate of drug-likeness (QED) is 0.530. The Kier molecular flexibility index (Phi) is 5.18. The summed E-state index contributed by atoms with van der Waals surface area (Å²) in [4.78, 5) is 24.6. The van der Waals surface area contributed by atoms with Crippen LogP contribution in [-0.4, -0.2) is 39.6 Å². The van der Waals surface area contributed by atoms with Crippen molar-refractivity contribution in [2.45, 2.75) is 45.5 Å². The zero-order chi connectivity index (χ0) is 20.6. The van der Waals surface area contributed by atoms with Crippen molar-refractivity contribution in [3.8, 4) is 11.5 Å². The summed E-state index contributed by atoms with van der Waals surface area (Å²) in [6.07, 6.45) is 0.808. The van der Waals surface area contributed by atoms with Crippen LogP contribution in [0.2, 0.25) is 0 Å². The number of carbonyl (C=O) groups excluding carboxylic acids is 1. The summed E-state index contributed by atoms with van der Waals surface area (Å²) in [6, 6.07) is 2.59. The van der Waals surface area contributed by atoms with Crippen molar-refractivity contribution < 1.29 is 34.0 Å². The first-order valence-electron chi connectivity index (χ1n) is 8.80. The minimum Gasteiger partial charge on any atom is -0.507 e. The fourth-order valence-electron chi connectivity index (χ4n) is 3.18. The lowest BCUT2D eigenvalue weighted by atomic mass is 9.89. The number of aromatic hydroxyl groups is 1. The van der Waals surface area contributed by atoms with Crippen LogP contribution in [0.3, 0.4) is 0 Å². The van der Waals surface area contributed by atoms with E-state index in [1.54, 1.807) is 20.8 Å². The maximum absolute atomic E-state index is 12.3. The van der Waals surface area contributed by atoms with E-state index in [0.29, 0.717) is 11.3 Å². The molecule has 0 aliphatic carbocycles. The van der Waals surface area contributed by atoms with Gasteiger partial charge in [-0.15, -0.1) is 0 Å². The van der Waals surface area contributed by atoms with Crippen LogP contribution in [0.25, 0.3) is 11.0 Å². The zero-order valence-electron chi connectivity index (χ0n) is 15.8. The molecular formula is C20H22O8. The monoisotopic (exact) mass is 390 g/mol. The molecular weight excluding hydrogens is 368 g/mol. The van der Waals surface area contributed by atoms with Gasteiger partial charge in [-0.05, 0) is 20.8 Å². The van der Waals surface area contributed by atoms with Gasteiger partial charge in [0.25, 0.3) is 0 Å². The molecule has 8 heteroatoms. The van der Waals surface area contributed by atoms with Crippen LogP contribution in [0.4, 0.5) is 0 Å². The van der Waals surface area contributed by atoms with Crippen LogP contribution in [0.15, 0.2) is 33.0 Å². The van der Waals surface area contributed by atoms with Crippen LogP contribution in [0.5, 0.6) is 11.5 Å². The third kappa shape index (κ3) is 3.36. The molecule has 28 heavy (non-hydrogen) atoms. The first-order valence-corrected chi connectivity index (χ1v) is 8.80. The first-order chi connectivity index (χ1) is 13.2. The Morgan fingerprint density at radius 1 is 1.36 bits per heavy atom. The molecule has 0 amide bonds.